The first-order chi connectivity index (χ1) is 8.09. The molecule has 0 spiro atoms. The Hall–Kier alpha value is -0.120. The van der Waals surface area contributed by atoms with E-state index in [1.165, 1.54) is 25.7 Å². The molecular weight excluding hydrogens is 212 g/mol. The van der Waals surface area contributed by atoms with Crippen LogP contribution in [0.4, 0.5) is 0 Å². The summed E-state index contributed by atoms with van der Waals surface area (Å²) < 4.78 is 5.51. The highest BCUT2D eigenvalue weighted by molar-refractivity contribution is 5.04. The molecule has 0 aromatic heterocycles. The fraction of sp³-hybridized carbons (Fsp3) is 1.00. The molecule has 0 bridgehead atoms. The van der Waals surface area contributed by atoms with Gasteiger partial charge in [-0.15, -0.1) is 0 Å². The summed E-state index contributed by atoms with van der Waals surface area (Å²) in [4.78, 5) is 0. The molecule has 17 heavy (non-hydrogen) atoms. The predicted octanol–water partition coefficient (Wildman–Crippen LogP) is 1.91. The molecular formula is C14H28N2O. The Kier molecular flexibility index (Phi) is 4.11. The second-order valence-electron chi connectivity index (χ2n) is 6.39. The number of rotatable bonds is 4. The summed E-state index contributed by atoms with van der Waals surface area (Å²) in [7, 11) is 1.83. The van der Waals surface area contributed by atoms with Crippen LogP contribution in [0.5, 0.6) is 0 Å². The first-order valence-corrected chi connectivity index (χ1v) is 7.08. The number of hydrogen-bond donors (Lipinski definition) is 2. The zero-order chi connectivity index (χ0) is 12.5. The SMILES string of the molecule is COC1CC(NC2CCCCC2CN)C1(C)C. The summed E-state index contributed by atoms with van der Waals surface area (Å²) in [6.45, 7) is 5.45. The highest BCUT2D eigenvalue weighted by Gasteiger charge is 2.49. The summed E-state index contributed by atoms with van der Waals surface area (Å²) in [5.41, 5.74) is 6.15. The molecule has 3 nitrogen and oxygen atoms in total. The van der Waals surface area contributed by atoms with Crippen molar-refractivity contribution in [1.29, 1.82) is 0 Å². The maximum Gasteiger partial charge on any atom is 0.0652 e. The molecule has 2 saturated carbocycles. The average molecular weight is 240 g/mol. The summed E-state index contributed by atoms with van der Waals surface area (Å²) in [5.74, 6) is 0.682. The third kappa shape index (κ3) is 2.51. The summed E-state index contributed by atoms with van der Waals surface area (Å²) in [5, 5.41) is 3.85. The molecule has 2 fully saturated rings. The van der Waals surface area contributed by atoms with Crippen LogP contribution in [-0.4, -0.2) is 31.8 Å². The summed E-state index contributed by atoms with van der Waals surface area (Å²) in [6.07, 6.45) is 6.88. The molecule has 2 aliphatic rings. The van der Waals surface area contributed by atoms with Crippen LogP contribution in [0.2, 0.25) is 0 Å². The van der Waals surface area contributed by atoms with Crippen LogP contribution in [0.3, 0.4) is 0 Å². The van der Waals surface area contributed by atoms with Crippen molar-refractivity contribution in [3.8, 4) is 0 Å². The first kappa shape index (κ1) is 13.3. The van der Waals surface area contributed by atoms with Crippen molar-refractivity contribution in [2.75, 3.05) is 13.7 Å². The molecule has 100 valence electrons. The van der Waals surface area contributed by atoms with Crippen molar-refractivity contribution in [3.63, 3.8) is 0 Å². The fourth-order valence-electron chi connectivity index (χ4n) is 3.54. The second-order valence-corrected chi connectivity index (χ2v) is 6.39. The topological polar surface area (TPSA) is 47.3 Å². The minimum Gasteiger partial charge on any atom is -0.381 e. The Morgan fingerprint density at radius 1 is 1.29 bits per heavy atom. The van der Waals surface area contributed by atoms with Crippen molar-refractivity contribution in [2.24, 2.45) is 17.1 Å². The van der Waals surface area contributed by atoms with Crippen molar-refractivity contribution >= 4 is 0 Å². The zero-order valence-corrected chi connectivity index (χ0v) is 11.5. The zero-order valence-electron chi connectivity index (χ0n) is 11.5. The molecule has 0 heterocycles. The van der Waals surface area contributed by atoms with E-state index in [0.29, 0.717) is 24.1 Å². The third-order valence-corrected chi connectivity index (χ3v) is 5.09. The van der Waals surface area contributed by atoms with Crippen molar-refractivity contribution in [1.82, 2.24) is 5.32 Å². The number of ether oxygens (including phenoxy) is 1. The molecule has 0 aromatic carbocycles. The molecule has 0 saturated heterocycles. The highest BCUT2D eigenvalue weighted by Crippen LogP contribution is 2.43. The van der Waals surface area contributed by atoms with Crippen LogP contribution in [0.25, 0.3) is 0 Å². The maximum atomic E-state index is 5.89. The number of hydrogen-bond acceptors (Lipinski definition) is 3. The average Bonchev–Trinajstić information content (AvgIpc) is 2.34. The van der Waals surface area contributed by atoms with Crippen LogP contribution < -0.4 is 11.1 Å². The Morgan fingerprint density at radius 3 is 2.59 bits per heavy atom. The van der Waals surface area contributed by atoms with Gasteiger partial charge in [-0.1, -0.05) is 26.7 Å². The van der Waals surface area contributed by atoms with Gasteiger partial charge in [-0.2, -0.15) is 0 Å². The quantitative estimate of drug-likeness (QED) is 0.789. The van der Waals surface area contributed by atoms with Gasteiger partial charge in [0.15, 0.2) is 0 Å². The van der Waals surface area contributed by atoms with Crippen molar-refractivity contribution in [2.45, 2.75) is 64.1 Å². The lowest BCUT2D eigenvalue weighted by molar-refractivity contribution is -0.103. The monoisotopic (exact) mass is 240 g/mol. The lowest BCUT2D eigenvalue weighted by Crippen LogP contribution is -2.63. The molecule has 3 N–H and O–H groups in total. The second kappa shape index (κ2) is 5.25. The van der Waals surface area contributed by atoms with Gasteiger partial charge >= 0.3 is 0 Å². The molecule has 0 aliphatic heterocycles. The van der Waals surface area contributed by atoms with Crippen LogP contribution >= 0.6 is 0 Å². The van der Waals surface area contributed by atoms with Crippen LogP contribution in [0.1, 0.15) is 46.0 Å². The normalized spacial score (nSPS) is 40.9. The standard InChI is InChI=1S/C14H28N2O/c1-14(2)12(8-13(14)17-3)16-11-7-5-4-6-10(11)9-15/h10-13,16H,4-9,15H2,1-3H3. The van der Waals surface area contributed by atoms with E-state index in [4.69, 9.17) is 10.5 Å². The lowest BCUT2D eigenvalue weighted by atomic mass is 9.64. The number of nitrogens with one attached hydrogen (secondary N) is 1. The van der Waals surface area contributed by atoms with E-state index in [0.717, 1.165) is 13.0 Å². The van der Waals surface area contributed by atoms with E-state index in [1.807, 2.05) is 7.11 Å². The minimum absolute atomic E-state index is 0.269. The molecule has 0 aromatic rings. The van der Waals surface area contributed by atoms with E-state index in [2.05, 4.69) is 19.2 Å². The van der Waals surface area contributed by atoms with Gasteiger partial charge in [0.25, 0.3) is 0 Å². The van der Waals surface area contributed by atoms with E-state index in [-0.39, 0.29) is 5.41 Å². The van der Waals surface area contributed by atoms with Gasteiger partial charge in [-0.05, 0) is 31.7 Å². The van der Waals surface area contributed by atoms with E-state index in [9.17, 15) is 0 Å². The van der Waals surface area contributed by atoms with E-state index in [1.54, 1.807) is 0 Å². The van der Waals surface area contributed by atoms with Crippen molar-refractivity contribution < 1.29 is 4.74 Å². The number of methoxy groups -OCH3 is 1. The lowest BCUT2D eigenvalue weighted by Gasteiger charge is -2.53. The smallest absolute Gasteiger partial charge is 0.0652 e. The van der Waals surface area contributed by atoms with Gasteiger partial charge in [0.1, 0.15) is 0 Å². The van der Waals surface area contributed by atoms with E-state index < -0.39 is 0 Å². The van der Waals surface area contributed by atoms with Crippen LogP contribution in [0, 0.1) is 11.3 Å². The molecule has 2 rings (SSSR count). The fourth-order valence-corrected chi connectivity index (χ4v) is 3.54. The Bertz CT molecular complexity index is 255. The van der Waals surface area contributed by atoms with Crippen LogP contribution in [0.15, 0.2) is 0 Å². The Balaban J connectivity index is 1.88. The van der Waals surface area contributed by atoms with Gasteiger partial charge in [0.2, 0.25) is 0 Å². The number of nitrogens with two attached hydrogens (primary N) is 1. The van der Waals surface area contributed by atoms with Gasteiger partial charge in [0, 0.05) is 24.6 Å². The largest absolute Gasteiger partial charge is 0.381 e. The molecule has 0 radical (unpaired) electrons. The Labute approximate surface area is 105 Å². The molecule has 3 heteroatoms. The highest BCUT2D eigenvalue weighted by atomic mass is 16.5. The molecule has 2 aliphatic carbocycles. The van der Waals surface area contributed by atoms with Gasteiger partial charge in [-0.25, -0.2) is 0 Å². The summed E-state index contributed by atoms with van der Waals surface area (Å²) in [6, 6.07) is 1.24. The molecule has 0 amide bonds. The van der Waals surface area contributed by atoms with Crippen molar-refractivity contribution in [3.05, 3.63) is 0 Å². The maximum absolute atomic E-state index is 5.89. The minimum atomic E-state index is 0.269. The third-order valence-electron chi connectivity index (χ3n) is 5.09. The van der Waals surface area contributed by atoms with Gasteiger partial charge in [0.05, 0.1) is 6.10 Å². The predicted molar refractivity (Wildman–Crippen MR) is 70.9 cm³/mol. The van der Waals surface area contributed by atoms with E-state index >= 15 is 0 Å². The summed E-state index contributed by atoms with van der Waals surface area (Å²) >= 11 is 0. The van der Waals surface area contributed by atoms with Gasteiger partial charge < -0.3 is 15.8 Å². The first-order valence-electron chi connectivity index (χ1n) is 7.08. The molecule has 4 atom stereocenters. The van der Waals surface area contributed by atoms with Gasteiger partial charge in [-0.3, -0.25) is 0 Å². The molecule has 4 unspecified atom stereocenters. The van der Waals surface area contributed by atoms with Crippen LogP contribution in [-0.2, 0) is 4.74 Å². The Morgan fingerprint density at radius 2 is 2.00 bits per heavy atom.